The number of aryl methyl sites for hydroxylation is 1. The fourth-order valence-corrected chi connectivity index (χ4v) is 3.08. The van der Waals surface area contributed by atoms with Crippen LogP contribution in [-0.4, -0.2) is 18.6 Å². The normalized spacial score (nSPS) is 10.8. The van der Waals surface area contributed by atoms with Gasteiger partial charge in [0, 0.05) is 29.2 Å². The average molecular weight is 310 g/mol. The molecule has 0 aliphatic carbocycles. The average Bonchev–Trinajstić information content (AvgIpc) is 2.83. The molecule has 1 N–H and O–H groups in total. The van der Waals surface area contributed by atoms with Crippen LogP contribution in [-0.2, 0) is 13.1 Å². The van der Waals surface area contributed by atoms with E-state index in [1.54, 1.807) is 11.3 Å². The highest BCUT2D eigenvalue weighted by Crippen LogP contribution is 2.26. The third-order valence-corrected chi connectivity index (χ3v) is 4.40. The largest absolute Gasteiger partial charge is 0.369 e. The van der Waals surface area contributed by atoms with Crippen LogP contribution in [0.1, 0.15) is 23.1 Å². The standard InChI is InChI=1S/C15H20ClN3S/c1-4-17-8-12-5-6-13(16)7-14(12)19(3)9-15-11(2)18-10-20-15/h5-7,10,17H,4,8-9H2,1-3H3. The summed E-state index contributed by atoms with van der Waals surface area (Å²) in [7, 11) is 2.10. The van der Waals surface area contributed by atoms with Crippen LogP contribution in [0.2, 0.25) is 5.02 Å². The van der Waals surface area contributed by atoms with Crippen molar-refractivity contribution in [3.63, 3.8) is 0 Å². The van der Waals surface area contributed by atoms with Crippen LogP contribution < -0.4 is 10.2 Å². The van der Waals surface area contributed by atoms with Gasteiger partial charge in [0.25, 0.3) is 0 Å². The van der Waals surface area contributed by atoms with Gasteiger partial charge >= 0.3 is 0 Å². The van der Waals surface area contributed by atoms with E-state index in [-0.39, 0.29) is 0 Å². The van der Waals surface area contributed by atoms with Gasteiger partial charge in [-0.25, -0.2) is 4.98 Å². The van der Waals surface area contributed by atoms with Crippen LogP contribution >= 0.6 is 22.9 Å². The fourth-order valence-electron chi connectivity index (χ4n) is 2.08. The third-order valence-electron chi connectivity index (χ3n) is 3.25. The van der Waals surface area contributed by atoms with E-state index in [2.05, 4.69) is 42.2 Å². The first-order chi connectivity index (χ1) is 9.61. The number of aromatic nitrogens is 1. The summed E-state index contributed by atoms with van der Waals surface area (Å²) in [6.07, 6.45) is 0. The number of hydrogen-bond acceptors (Lipinski definition) is 4. The molecule has 0 amide bonds. The van der Waals surface area contributed by atoms with E-state index in [1.165, 1.54) is 16.1 Å². The van der Waals surface area contributed by atoms with Gasteiger partial charge < -0.3 is 10.2 Å². The molecule has 5 heteroatoms. The Bertz CT molecular complexity index is 568. The lowest BCUT2D eigenvalue weighted by molar-refractivity contribution is 0.723. The van der Waals surface area contributed by atoms with Gasteiger partial charge in [0.2, 0.25) is 0 Å². The van der Waals surface area contributed by atoms with Gasteiger partial charge in [0.05, 0.1) is 17.7 Å². The smallest absolute Gasteiger partial charge is 0.0798 e. The van der Waals surface area contributed by atoms with E-state index in [9.17, 15) is 0 Å². The predicted molar refractivity (Wildman–Crippen MR) is 87.8 cm³/mol. The van der Waals surface area contributed by atoms with Crippen LogP contribution in [0.3, 0.4) is 0 Å². The van der Waals surface area contributed by atoms with Crippen molar-refractivity contribution >= 4 is 28.6 Å². The minimum absolute atomic E-state index is 0.771. The van der Waals surface area contributed by atoms with Crippen LogP contribution in [0.4, 0.5) is 5.69 Å². The molecule has 20 heavy (non-hydrogen) atoms. The molecule has 0 unspecified atom stereocenters. The molecule has 0 fully saturated rings. The van der Waals surface area contributed by atoms with Crippen LogP contribution in [0, 0.1) is 6.92 Å². The summed E-state index contributed by atoms with van der Waals surface area (Å²) in [4.78, 5) is 7.83. The van der Waals surface area contributed by atoms with E-state index in [4.69, 9.17) is 11.6 Å². The number of rotatable bonds is 6. The summed E-state index contributed by atoms with van der Waals surface area (Å²) < 4.78 is 0. The molecular weight excluding hydrogens is 290 g/mol. The first-order valence-electron chi connectivity index (χ1n) is 6.71. The van der Waals surface area contributed by atoms with Gasteiger partial charge in [-0.3, -0.25) is 0 Å². The predicted octanol–water partition coefficient (Wildman–Crippen LogP) is 3.85. The molecule has 2 rings (SSSR count). The Kier molecular flexibility index (Phi) is 5.40. The lowest BCUT2D eigenvalue weighted by Gasteiger charge is -2.22. The molecule has 108 valence electrons. The van der Waals surface area contributed by atoms with Crippen molar-refractivity contribution in [1.29, 1.82) is 0 Å². The van der Waals surface area contributed by atoms with Gasteiger partial charge in [-0.1, -0.05) is 24.6 Å². The lowest BCUT2D eigenvalue weighted by Crippen LogP contribution is -2.20. The Morgan fingerprint density at radius 3 is 2.85 bits per heavy atom. The summed E-state index contributed by atoms with van der Waals surface area (Å²) in [6.45, 7) is 6.84. The van der Waals surface area contributed by atoms with E-state index < -0.39 is 0 Å². The summed E-state index contributed by atoms with van der Waals surface area (Å²) in [5.41, 5.74) is 5.44. The summed E-state index contributed by atoms with van der Waals surface area (Å²) in [5, 5.41) is 4.14. The van der Waals surface area contributed by atoms with Crippen molar-refractivity contribution in [3.8, 4) is 0 Å². The quantitative estimate of drug-likeness (QED) is 0.878. The number of nitrogens with zero attached hydrogens (tertiary/aromatic N) is 2. The summed E-state index contributed by atoms with van der Waals surface area (Å²) in [5.74, 6) is 0. The van der Waals surface area contributed by atoms with Crippen molar-refractivity contribution < 1.29 is 0 Å². The molecule has 0 aliphatic rings. The van der Waals surface area contributed by atoms with Crippen LogP contribution in [0.15, 0.2) is 23.7 Å². The van der Waals surface area contributed by atoms with E-state index in [1.807, 2.05) is 17.6 Å². The van der Waals surface area contributed by atoms with Gasteiger partial charge in [0.1, 0.15) is 0 Å². The van der Waals surface area contributed by atoms with Crippen molar-refractivity contribution in [1.82, 2.24) is 10.3 Å². The second kappa shape index (κ2) is 7.07. The van der Waals surface area contributed by atoms with Crippen molar-refractivity contribution in [2.75, 3.05) is 18.5 Å². The first kappa shape index (κ1) is 15.3. The number of anilines is 1. The fraction of sp³-hybridized carbons (Fsp3) is 0.400. The maximum absolute atomic E-state index is 6.15. The van der Waals surface area contributed by atoms with Crippen molar-refractivity contribution in [2.45, 2.75) is 26.9 Å². The zero-order valence-corrected chi connectivity index (χ0v) is 13.7. The maximum atomic E-state index is 6.15. The van der Waals surface area contributed by atoms with Crippen molar-refractivity contribution in [2.24, 2.45) is 0 Å². The SMILES string of the molecule is CCNCc1ccc(Cl)cc1N(C)Cc1scnc1C. The third kappa shape index (κ3) is 3.72. The highest BCUT2D eigenvalue weighted by molar-refractivity contribution is 7.09. The van der Waals surface area contributed by atoms with Gasteiger partial charge in [-0.05, 0) is 31.2 Å². The number of benzene rings is 1. The Labute approximate surface area is 129 Å². The highest BCUT2D eigenvalue weighted by atomic mass is 35.5. The molecule has 1 heterocycles. The molecule has 0 saturated heterocycles. The van der Waals surface area contributed by atoms with Crippen LogP contribution in [0.25, 0.3) is 0 Å². The molecule has 0 atom stereocenters. The number of halogens is 1. The van der Waals surface area contributed by atoms with E-state index in [0.717, 1.165) is 30.4 Å². The minimum atomic E-state index is 0.771. The molecule has 0 saturated carbocycles. The van der Waals surface area contributed by atoms with E-state index in [0.29, 0.717) is 0 Å². The monoisotopic (exact) mass is 309 g/mol. The molecular formula is C15H20ClN3S. The Morgan fingerprint density at radius 2 is 2.20 bits per heavy atom. The number of hydrogen-bond donors (Lipinski definition) is 1. The summed E-state index contributed by atoms with van der Waals surface area (Å²) in [6, 6.07) is 6.07. The zero-order chi connectivity index (χ0) is 14.5. The topological polar surface area (TPSA) is 28.2 Å². The molecule has 1 aromatic heterocycles. The molecule has 2 aromatic rings. The number of thiazole rings is 1. The highest BCUT2D eigenvalue weighted by Gasteiger charge is 2.11. The summed E-state index contributed by atoms with van der Waals surface area (Å²) >= 11 is 7.85. The molecule has 0 spiro atoms. The molecule has 3 nitrogen and oxygen atoms in total. The maximum Gasteiger partial charge on any atom is 0.0798 e. The van der Waals surface area contributed by atoms with Gasteiger partial charge in [-0.15, -0.1) is 11.3 Å². The molecule has 0 aliphatic heterocycles. The Morgan fingerprint density at radius 1 is 1.40 bits per heavy atom. The Balaban J connectivity index is 2.21. The second-order valence-electron chi connectivity index (χ2n) is 4.77. The first-order valence-corrected chi connectivity index (χ1v) is 7.96. The minimum Gasteiger partial charge on any atom is -0.369 e. The molecule has 0 bridgehead atoms. The van der Waals surface area contributed by atoms with Crippen LogP contribution in [0.5, 0.6) is 0 Å². The number of nitrogens with one attached hydrogen (secondary N) is 1. The van der Waals surface area contributed by atoms with Gasteiger partial charge in [0.15, 0.2) is 0 Å². The molecule has 0 radical (unpaired) electrons. The zero-order valence-electron chi connectivity index (χ0n) is 12.1. The van der Waals surface area contributed by atoms with E-state index >= 15 is 0 Å². The van der Waals surface area contributed by atoms with Gasteiger partial charge in [-0.2, -0.15) is 0 Å². The second-order valence-corrected chi connectivity index (χ2v) is 6.15. The lowest BCUT2D eigenvalue weighted by atomic mass is 10.1. The van der Waals surface area contributed by atoms with Crippen molar-refractivity contribution in [3.05, 3.63) is 44.9 Å². The Hall–Kier alpha value is -1.10. The molecule has 1 aromatic carbocycles.